The Labute approximate surface area is 124 Å². The van der Waals surface area contributed by atoms with Crippen molar-refractivity contribution in [3.8, 4) is 6.07 Å². The Morgan fingerprint density at radius 1 is 1.48 bits per heavy atom. The maximum Gasteiger partial charge on any atom is 0.222 e. The first-order chi connectivity index (χ1) is 10.0. The lowest BCUT2D eigenvalue weighted by molar-refractivity contribution is -0.127. The van der Waals surface area contributed by atoms with Crippen molar-refractivity contribution in [3.63, 3.8) is 0 Å². The number of rotatable bonds is 5. The van der Waals surface area contributed by atoms with Gasteiger partial charge in [0.25, 0.3) is 0 Å². The smallest absolute Gasteiger partial charge is 0.222 e. The largest absolute Gasteiger partial charge is 0.372 e. The van der Waals surface area contributed by atoms with E-state index < -0.39 is 0 Å². The van der Waals surface area contributed by atoms with Gasteiger partial charge in [-0.1, -0.05) is 0 Å². The van der Waals surface area contributed by atoms with Gasteiger partial charge in [0, 0.05) is 38.7 Å². The first-order valence-electron chi connectivity index (χ1n) is 7.07. The molecule has 1 heterocycles. The Bertz CT molecular complexity index is 604. The van der Waals surface area contributed by atoms with E-state index in [2.05, 4.69) is 6.07 Å². The molecule has 1 saturated heterocycles. The molecule has 1 amide bonds. The highest BCUT2D eigenvalue weighted by molar-refractivity contribution is 5.95. The van der Waals surface area contributed by atoms with E-state index >= 15 is 0 Å². The van der Waals surface area contributed by atoms with Crippen LogP contribution in [0.15, 0.2) is 18.2 Å². The molecule has 1 aliphatic heterocycles. The second-order valence-corrected chi connectivity index (χ2v) is 5.31. The number of carbonyl (C=O) groups excluding carboxylic acids is 2. The summed E-state index contributed by atoms with van der Waals surface area (Å²) in [5.74, 6) is 0.172. The minimum atomic E-state index is -0.0242. The van der Waals surface area contributed by atoms with Gasteiger partial charge in [-0.25, -0.2) is 0 Å². The Balaban J connectivity index is 2.12. The molecule has 0 aliphatic carbocycles. The lowest BCUT2D eigenvalue weighted by Crippen LogP contribution is -2.34. The first-order valence-corrected chi connectivity index (χ1v) is 7.07. The molecule has 0 aromatic heterocycles. The maximum absolute atomic E-state index is 11.6. The van der Waals surface area contributed by atoms with Gasteiger partial charge in [0.15, 0.2) is 5.78 Å². The quantitative estimate of drug-likeness (QED) is 0.774. The maximum atomic E-state index is 11.6. The number of carbonyl (C=O) groups is 2. The van der Waals surface area contributed by atoms with Crippen LogP contribution in [0.5, 0.6) is 0 Å². The standard InChI is InChI=1S/C16H19N3O2/c1-12(20)13-5-6-14(11-17)15(10-13)18(2)8-9-19-7-3-4-16(19)21/h5-6,10H,3-4,7-9H2,1-2H3. The molecule has 1 aromatic rings. The van der Waals surface area contributed by atoms with Crippen LogP contribution in [-0.2, 0) is 4.79 Å². The molecule has 0 unspecified atom stereocenters. The lowest BCUT2D eigenvalue weighted by Gasteiger charge is -2.24. The summed E-state index contributed by atoms with van der Waals surface area (Å²) in [6, 6.07) is 7.23. The van der Waals surface area contributed by atoms with Crippen molar-refractivity contribution in [1.29, 1.82) is 5.26 Å². The van der Waals surface area contributed by atoms with Crippen molar-refractivity contribution in [2.45, 2.75) is 19.8 Å². The molecule has 1 fully saturated rings. The van der Waals surface area contributed by atoms with Crippen LogP contribution in [-0.4, -0.2) is 43.3 Å². The van der Waals surface area contributed by atoms with Crippen molar-refractivity contribution in [1.82, 2.24) is 4.90 Å². The fourth-order valence-electron chi connectivity index (χ4n) is 2.49. The first kappa shape index (κ1) is 15.0. The van der Waals surface area contributed by atoms with Crippen molar-refractivity contribution >= 4 is 17.4 Å². The van der Waals surface area contributed by atoms with E-state index in [0.29, 0.717) is 30.6 Å². The van der Waals surface area contributed by atoms with Crippen LogP contribution < -0.4 is 4.90 Å². The van der Waals surface area contributed by atoms with E-state index in [4.69, 9.17) is 0 Å². The molecule has 1 aliphatic rings. The second-order valence-electron chi connectivity index (χ2n) is 5.31. The summed E-state index contributed by atoms with van der Waals surface area (Å²) in [6.45, 7) is 3.60. The zero-order valence-corrected chi connectivity index (χ0v) is 12.4. The summed E-state index contributed by atoms with van der Waals surface area (Å²) >= 11 is 0. The minimum Gasteiger partial charge on any atom is -0.372 e. The summed E-state index contributed by atoms with van der Waals surface area (Å²) < 4.78 is 0. The van der Waals surface area contributed by atoms with Crippen LogP contribution in [0, 0.1) is 11.3 Å². The number of hydrogen-bond acceptors (Lipinski definition) is 4. The van der Waals surface area contributed by atoms with Crippen LogP contribution in [0.4, 0.5) is 5.69 Å². The molecule has 0 N–H and O–H groups in total. The number of nitrogens with zero attached hydrogens (tertiary/aromatic N) is 3. The molecular formula is C16H19N3O2. The Kier molecular flexibility index (Phi) is 4.59. The van der Waals surface area contributed by atoms with Crippen molar-refractivity contribution in [2.75, 3.05) is 31.6 Å². The number of amides is 1. The highest BCUT2D eigenvalue weighted by Gasteiger charge is 2.20. The van der Waals surface area contributed by atoms with Gasteiger partial charge in [-0.2, -0.15) is 5.26 Å². The predicted molar refractivity (Wildman–Crippen MR) is 80.2 cm³/mol. The monoisotopic (exact) mass is 285 g/mol. The van der Waals surface area contributed by atoms with Gasteiger partial charge >= 0.3 is 0 Å². The highest BCUT2D eigenvalue weighted by Crippen LogP contribution is 2.21. The number of ketones is 1. The van der Waals surface area contributed by atoms with E-state index in [0.717, 1.165) is 18.7 Å². The fourth-order valence-corrected chi connectivity index (χ4v) is 2.49. The molecule has 5 heteroatoms. The number of anilines is 1. The normalized spacial score (nSPS) is 14.1. The highest BCUT2D eigenvalue weighted by atomic mass is 16.2. The SMILES string of the molecule is CC(=O)c1ccc(C#N)c(N(C)CCN2CCCC2=O)c1. The third kappa shape index (κ3) is 3.40. The number of hydrogen-bond donors (Lipinski definition) is 0. The molecular weight excluding hydrogens is 266 g/mol. The molecule has 0 spiro atoms. The lowest BCUT2D eigenvalue weighted by atomic mass is 10.1. The zero-order chi connectivity index (χ0) is 15.4. The van der Waals surface area contributed by atoms with Crippen LogP contribution >= 0.6 is 0 Å². The van der Waals surface area contributed by atoms with Crippen LogP contribution in [0.25, 0.3) is 0 Å². The molecule has 0 radical (unpaired) electrons. The van der Waals surface area contributed by atoms with Gasteiger partial charge in [0.05, 0.1) is 11.3 Å². The summed E-state index contributed by atoms with van der Waals surface area (Å²) in [4.78, 5) is 26.8. The van der Waals surface area contributed by atoms with Gasteiger partial charge in [0.1, 0.15) is 6.07 Å². The molecule has 1 aromatic carbocycles. The third-order valence-electron chi connectivity index (χ3n) is 3.81. The molecule has 0 saturated carbocycles. The van der Waals surface area contributed by atoms with Gasteiger partial charge in [0.2, 0.25) is 5.91 Å². The molecule has 0 bridgehead atoms. The van der Waals surface area contributed by atoms with Gasteiger partial charge < -0.3 is 9.80 Å². The van der Waals surface area contributed by atoms with Crippen molar-refractivity contribution in [3.05, 3.63) is 29.3 Å². The number of nitriles is 1. The Morgan fingerprint density at radius 2 is 2.24 bits per heavy atom. The van der Waals surface area contributed by atoms with Crippen LogP contribution in [0.3, 0.4) is 0 Å². The summed E-state index contributed by atoms with van der Waals surface area (Å²) in [6.07, 6.45) is 1.55. The van der Waals surface area contributed by atoms with Gasteiger partial charge in [-0.05, 0) is 31.5 Å². The molecule has 2 rings (SSSR count). The Hall–Kier alpha value is -2.35. The molecule has 5 nitrogen and oxygen atoms in total. The van der Waals surface area contributed by atoms with Crippen LogP contribution in [0.1, 0.15) is 35.7 Å². The number of benzene rings is 1. The summed E-state index contributed by atoms with van der Waals surface area (Å²) in [5.41, 5.74) is 1.86. The second kappa shape index (κ2) is 6.40. The molecule has 0 atom stereocenters. The van der Waals surface area contributed by atoms with Crippen LogP contribution in [0.2, 0.25) is 0 Å². The number of Topliss-reactive ketones (excluding diaryl/α,β-unsaturated/α-hetero) is 1. The summed E-state index contributed by atoms with van der Waals surface area (Å²) in [7, 11) is 1.88. The van der Waals surface area contributed by atoms with Crippen molar-refractivity contribution in [2.24, 2.45) is 0 Å². The molecule has 21 heavy (non-hydrogen) atoms. The van der Waals surface area contributed by atoms with E-state index in [1.54, 1.807) is 18.2 Å². The van der Waals surface area contributed by atoms with E-state index in [1.165, 1.54) is 6.92 Å². The van der Waals surface area contributed by atoms with E-state index in [1.807, 2.05) is 16.8 Å². The zero-order valence-electron chi connectivity index (χ0n) is 12.4. The van der Waals surface area contributed by atoms with Gasteiger partial charge in [-0.3, -0.25) is 9.59 Å². The van der Waals surface area contributed by atoms with E-state index in [9.17, 15) is 14.9 Å². The Morgan fingerprint density at radius 3 is 2.81 bits per heavy atom. The summed E-state index contributed by atoms with van der Waals surface area (Å²) in [5, 5.41) is 9.19. The fraction of sp³-hybridized carbons (Fsp3) is 0.438. The minimum absolute atomic E-state index is 0.0242. The molecule has 110 valence electrons. The average Bonchev–Trinajstić information content (AvgIpc) is 2.89. The number of likely N-dealkylation sites (tertiary alicyclic amines) is 1. The average molecular weight is 285 g/mol. The topological polar surface area (TPSA) is 64.4 Å². The van der Waals surface area contributed by atoms with E-state index in [-0.39, 0.29) is 11.7 Å². The predicted octanol–water partition coefficient (Wildman–Crippen LogP) is 1.82. The van der Waals surface area contributed by atoms with Crippen molar-refractivity contribution < 1.29 is 9.59 Å². The third-order valence-corrected chi connectivity index (χ3v) is 3.81. The number of likely N-dealkylation sites (N-methyl/N-ethyl adjacent to an activating group) is 1. The van der Waals surface area contributed by atoms with Gasteiger partial charge in [-0.15, -0.1) is 0 Å².